The second-order valence-corrected chi connectivity index (χ2v) is 6.14. The van der Waals surface area contributed by atoms with Crippen LogP contribution in [0.2, 0.25) is 0 Å². The maximum absolute atomic E-state index is 11.8. The first kappa shape index (κ1) is 17.4. The third-order valence-electron chi connectivity index (χ3n) is 3.28. The van der Waals surface area contributed by atoms with Gasteiger partial charge in [-0.1, -0.05) is 24.3 Å². The zero-order chi connectivity index (χ0) is 18.5. The van der Waals surface area contributed by atoms with E-state index in [4.69, 9.17) is 4.74 Å². The van der Waals surface area contributed by atoms with Crippen molar-refractivity contribution < 1.29 is 19.4 Å². The van der Waals surface area contributed by atoms with Crippen molar-refractivity contribution in [3.63, 3.8) is 0 Å². The number of benzene rings is 1. The van der Waals surface area contributed by atoms with Gasteiger partial charge in [0.2, 0.25) is 11.7 Å². The van der Waals surface area contributed by atoms with Gasteiger partial charge in [0.15, 0.2) is 11.5 Å². The molecule has 9 nitrogen and oxygen atoms in total. The number of hydrogen-bond acceptors (Lipinski definition) is 9. The molecular weight excluding hydrogens is 358 g/mol. The summed E-state index contributed by atoms with van der Waals surface area (Å²) in [4.78, 5) is 27.3. The van der Waals surface area contributed by atoms with Crippen molar-refractivity contribution in [3.8, 4) is 5.88 Å². The van der Waals surface area contributed by atoms with Gasteiger partial charge in [-0.25, -0.2) is 9.78 Å². The number of tetrazole rings is 1. The molecular formula is C16H13N5O4S. The van der Waals surface area contributed by atoms with Gasteiger partial charge in [-0.2, -0.15) is 5.21 Å². The van der Waals surface area contributed by atoms with Crippen LogP contribution in [0.5, 0.6) is 5.88 Å². The number of thiazole rings is 1. The van der Waals surface area contributed by atoms with E-state index in [0.29, 0.717) is 12.0 Å². The third kappa shape index (κ3) is 4.36. The molecule has 0 amide bonds. The molecule has 3 rings (SSSR count). The largest absolute Gasteiger partial charge is 0.504 e. The molecule has 0 fully saturated rings. The molecule has 0 aliphatic heterocycles. The molecule has 10 heteroatoms. The predicted molar refractivity (Wildman–Crippen MR) is 91.8 cm³/mol. The zero-order valence-electron chi connectivity index (χ0n) is 13.5. The van der Waals surface area contributed by atoms with Gasteiger partial charge in [0.1, 0.15) is 5.01 Å². The SMILES string of the molecule is CC(=O)c1ccc(Cc2nc(OC(=O)C=C(O)c3nn[nH]n3)cs2)cc1. The molecule has 0 spiro atoms. The molecule has 0 aliphatic rings. The first-order valence-corrected chi connectivity index (χ1v) is 8.30. The Morgan fingerprint density at radius 3 is 2.73 bits per heavy atom. The first-order chi connectivity index (χ1) is 12.5. The summed E-state index contributed by atoms with van der Waals surface area (Å²) in [6.07, 6.45) is 1.38. The Labute approximate surface area is 151 Å². The number of Topliss-reactive ketones (excluding diaryl/α,β-unsaturated/α-hetero) is 1. The van der Waals surface area contributed by atoms with Gasteiger partial charge < -0.3 is 9.84 Å². The average Bonchev–Trinajstić information content (AvgIpc) is 3.27. The van der Waals surface area contributed by atoms with Crippen LogP contribution in [0.1, 0.15) is 33.7 Å². The zero-order valence-corrected chi connectivity index (χ0v) is 14.4. The van der Waals surface area contributed by atoms with Crippen LogP contribution < -0.4 is 4.74 Å². The van der Waals surface area contributed by atoms with Gasteiger partial charge >= 0.3 is 5.97 Å². The number of aromatic nitrogens is 5. The fourth-order valence-corrected chi connectivity index (χ4v) is 2.76. The number of ketones is 1. The highest BCUT2D eigenvalue weighted by atomic mass is 32.1. The van der Waals surface area contributed by atoms with Gasteiger partial charge in [0.25, 0.3) is 0 Å². The molecule has 2 aromatic heterocycles. The quantitative estimate of drug-likeness (QED) is 0.291. The van der Waals surface area contributed by atoms with Crippen molar-refractivity contribution in [2.75, 3.05) is 0 Å². The summed E-state index contributed by atoms with van der Waals surface area (Å²) in [5.74, 6) is -1.25. The lowest BCUT2D eigenvalue weighted by atomic mass is 10.1. The monoisotopic (exact) mass is 371 g/mol. The van der Waals surface area contributed by atoms with Crippen molar-refractivity contribution in [2.45, 2.75) is 13.3 Å². The minimum atomic E-state index is -0.810. The molecule has 0 unspecified atom stereocenters. The topological polar surface area (TPSA) is 131 Å². The highest BCUT2D eigenvalue weighted by Crippen LogP contribution is 2.20. The van der Waals surface area contributed by atoms with Crippen molar-refractivity contribution >= 4 is 28.8 Å². The number of nitrogens with one attached hydrogen (secondary N) is 1. The van der Waals surface area contributed by atoms with E-state index in [1.807, 2.05) is 12.1 Å². The second-order valence-electron chi connectivity index (χ2n) is 5.20. The summed E-state index contributed by atoms with van der Waals surface area (Å²) in [5.41, 5.74) is 1.63. The summed E-state index contributed by atoms with van der Waals surface area (Å²) in [6.45, 7) is 1.52. The van der Waals surface area contributed by atoms with Crippen LogP contribution >= 0.6 is 11.3 Å². The second kappa shape index (κ2) is 7.66. The molecule has 1 aromatic carbocycles. The fourth-order valence-electron chi connectivity index (χ4n) is 2.03. The molecule has 0 radical (unpaired) electrons. The van der Waals surface area contributed by atoms with Crippen molar-refractivity contribution in [1.29, 1.82) is 0 Å². The smallest absolute Gasteiger partial charge is 0.341 e. The lowest BCUT2D eigenvalue weighted by Crippen LogP contribution is -2.06. The summed E-state index contributed by atoms with van der Waals surface area (Å²) in [5, 5.41) is 24.5. The van der Waals surface area contributed by atoms with Gasteiger partial charge in [-0.05, 0) is 17.7 Å². The highest BCUT2D eigenvalue weighted by Gasteiger charge is 2.11. The molecule has 3 aromatic rings. The molecule has 0 atom stereocenters. The minimum Gasteiger partial charge on any atom is -0.504 e. The van der Waals surface area contributed by atoms with Crippen LogP contribution in [0, 0.1) is 0 Å². The van der Waals surface area contributed by atoms with Crippen LogP contribution in [0.4, 0.5) is 0 Å². The van der Waals surface area contributed by atoms with Gasteiger partial charge in [-0.3, -0.25) is 4.79 Å². The molecule has 132 valence electrons. The van der Waals surface area contributed by atoms with Crippen LogP contribution in [0.3, 0.4) is 0 Å². The average molecular weight is 371 g/mol. The Morgan fingerprint density at radius 2 is 2.08 bits per heavy atom. The van der Waals surface area contributed by atoms with E-state index in [-0.39, 0.29) is 17.5 Å². The number of aromatic amines is 1. The summed E-state index contributed by atoms with van der Waals surface area (Å²) in [7, 11) is 0. The number of carbonyl (C=O) groups excluding carboxylic acids is 2. The normalized spacial score (nSPS) is 11.3. The Morgan fingerprint density at radius 1 is 1.31 bits per heavy atom. The molecule has 0 aliphatic carbocycles. The maximum Gasteiger partial charge on any atom is 0.341 e. The minimum absolute atomic E-state index is 0.0112. The Kier molecular flexibility index (Phi) is 5.13. The Bertz CT molecular complexity index is 947. The Balaban J connectivity index is 1.61. The molecule has 0 saturated carbocycles. The van der Waals surface area contributed by atoms with E-state index in [2.05, 4.69) is 25.6 Å². The van der Waals surface area contributed by atoms with E-state index in [1.165, 1.54) is 18.3 Å². The predicted octanol–water partition coefficient (Wildman–Crippen LogP) is 1.95. The number of nitrogens with zero attached hydrogens (tertiary/aromatic N) is 4. The van der Waals surface area contributed by atoms with E-state index in [1.54, 1.807) is 17.5 Å². The highest BCUT2D eigenvalue weighted by molar-refractivity contribution is 7.09. The van der Waals surface area contributed by atoms with Crippen molar-refractivity contribution in [3.05, 3.63) is 57.7 Å². The van der Waals surface area contributed by atoms with E-state index in [0.717, 1.165) is 16.6 Å². The van der Waals surface area contributed by atoms with Crippen molar-refractivity contribution in [2.24, 2.45) is 0 Å². The van der Waals surface area contributed by atoms with Gasteiger partial charge in [0.05, 0.1) is 11.5 Å². The lowest BCUT2D eigenvalue weighted by Gasteiger charge is -2.00. The molecule has 0 bridgehead atoms. The van der Waals surface area contributed by atoms with Gasteiger partial charge in [0, 0.05) is 12.0 Å². The van der Waals surface area contributed by atoms with Crippen LogP contribution in [0.25, 0.3) is 5.76 Å². The molecule has 2 N–H and O–H groups in total. The molecule has 26 heavy (non-hydrogen) atoms. The fraction of sp³-hybridized carbons (Fsp3) is 0.125. The number of hydrogen-bond donors (Lipinski definition) is 2. The number of carbonyl (C=O) groups is 2. The summed E-state index contributed by atoms with van der Waals surface area (Å²) >= 11 is 1.34. The van der Waals surface area contributed by atoms with E-state index in [9.17, 15) is 14.7 Å². The Hall–Kier alpha value is -3.40. The maximum atomic E-state index is 11.8. The first-order valence-electron chi connectivity index (χ1n) is 7.42. The number of aliphatic hydroxyl groups is 1. The number of rotatable bonds is 6. The number of esters is 1. The molecule has 2 heterocycles. The van der Waals surface area contributed by atoms with Crippen LogP contribution in [0.15, 0.2) is 35.7 Å². The number of H-pyrrole nitrogens is 1. The van der Waals surface area contributed by atoms with Crippen LogP contribution in [-0.4, -0.2) is 42.5 Å². The van der Waals surface area contributed by atoms with E-state index >= 15 is 0 Å². The van der Waals surface area contributed by atoms with E-state index < -0.39 is 11.7 Å². The van der Waals surface area contributed by atoms with Crippen LogP contribution in [-0.2, 0) is 11.2 Å². The number of ether oxygens (including phenoxy) is 1. The summed E-state index contributed by atoms with van der Waals surface area (Å²) < 4.78 is 5.05. The lowest BCUT2D eigenvalue weighted by molar-refractivity contribution is -0.129. The van der Waals surface area contributed by atoms with Gasteiger partial charge in [-0.15, -0.1) is 21.5 Å². The molecule has 0 saturated heterocycles. The summed E-state index contributed by atoms with van der Waals surface area (Å²) in [6, 6.07) is 7.24. The third-order valence-corrected chi connectivity index (χ3v) is 4.11. The van der Waals surface area contributed by atoms with Crippen molar-refractivity contribution in [1.82, 2.24) is 25.6 Å². The standard InChI is InChI=1S/C16H13N5O4S/c1-9(22)11-4-2-10(3-5-11)6-14-17-13(8-26-14)25-15(24)7-12(23)16-18-20-21-19-16/h2-5,7-8,23H,6H2,1H3,(H,18,19,20,21). The number of aliphatic hydroxyl groups excluding tert-OH is 1.